The molecule has 0 aliphatic carbocycles. The van der Waals surface area contributed by atoms with Gasteiger partial charge in [-0.1, -0.05) is 42.0 Å². The number of aliphatic hydroxyl groups is 1. The van der Waals surface area contributed by atoms with Crippen LogP contribution in [0.15, 0.2) is 72.6 Å². The van der Waals surface area contributed by atoms with Gasteiger partial charge >= 0.3 is 0 Å². The summed E-state index contributed by atoms with van der Waals surface area (Å²) >= 11 is 0. The summed E-state index contributed by atoms with van der Waals surface area (Å²) in [6, 6.07) is 16.4. The number of aromatic nitrogens is 1. The summed E-state index contributed by atoms with van der Waals surface area (Å²) in [5, 5.41) is 12.4. The maximum absolute atomic E-state index is 13.7. The lowest BCUT2D eigenvalue weighted by Gasteiger charge is -2.29. The standard InChI is InChI=1S/C33H38FN3O4/c1-23(36-33(39)28-20-31(22-35-21-28)41-30-12-18-40-19-13-30)24-2-4-25(5-3-24)32(26-6-8-29(34)9-7-26)27-10-14-37(15-11-27)16-17-38/h2-9,20-23,30,38H,10-19H2,1H3,(H,36,39)/t23-/m1/s1. The molecule has 2 aliphatic heterocycles. The summed E-state index contributed by atoms with van der Waals surface area (Å²) in [5.74, 6) is 0.118. The molecule has 0 bridgehead atoms. The van der Waals surface area contributed by atoms with Crippen molar-refractivity contribution in [2.24, 2.45) is 0 Å². The van der Waals surface area contributed by atoms with Gasteiger partial charge in [-0.05, 0) is 60.2 Å². The Morgan fingerprint density at radius 3 is 2.37 bits per heavy atom. The van der Waals surface area contributed by atoms with E-state index in [1.807, 2.05) is 31.2 Å². The number of hydrogen-bond donors (Lipinski definition) is 2. The Balaban J connectivity index is 1.29. The Bertz CT molecular complexity index is 1330. The number of rotatable bonds is 9. The van der Waals surface area contributed by atoms with Gasteiger partial charge in [0.2, 0.25) is 0 Å². The Hall–Kier alpha value is -3.59. The molecule has 2 aromatic carbocycles. The van der Waals surface area contributed by atoms with E-state index in [4.69, 9.17) is 9.47 Å². The van der Waals surface area contributed by atoms with E-state index in [1.165, 1.54) is 17.7 Å². The second-order valence-electron chi connectivity index (χ2n) is 10.7. The van der Waals surface area contributed by atoms with Crippen LogP contribution >= 0.6 is 0 Å². The predicted molar refractivity (Wildman–Crippen MR) is 156 cm³/mol. The molecule has 1 amide bonds. The van der Waals surface area contributed by atoms with Crippen LogP contribution in [0, 0.1) is 5.82 Å². The zero-order valence-electron chi connectivity index (χ0n) is 23.5. The third-order valence-electron chi connectivity index (χ3n) is 7.86. The summed E-state index contributed by atoms with van der Waals surface area (Å²) in [4.78, 5) is 19.5. The highest BCUT2D eigenvalue weighted by Gasteiger charge is 2.20. The third kappa shape index (κ3) is 7.58. The molecule has 1 aromatic heterocycles. The van der Waals surface area contributed by atoms with Gasteiger partial charge in [-0.15, -0.1) is 0 Å². The number of hydrogen-bond acceptors (Lipinski definition) is 6. The van der Waals surface area contributed by atoms with Crippen LogP contribution in [-0.4, -0.2) is 66.5 Å². The number of pyridine rings is 1. The summed E-state index contributed by atoms with van der Waals surface area (Å²) in [5.41, 5.74) is 5.94. The number of amides is 1. The van der Waals surface area contributed by atoms with Crippen LogP contribution in [0.4, 0.5) is 4.39 Å². The summed E-state index contributed by atoms with van der Waals surface area (Å²) in [6.07, 6.45) is 6.70. The van der Waals surface area contributed by atoms with Crippen molar-refractivity contribution in [2.45, 2.75) is 44.8 Å². The molecule has 216 valence electrons. The topological polar surface area (TPSA) is 83.9 Å². The van der Waals surface area contributed by atoms with Gasteiger partial charge in [-0.3, -0.25) is 9.78 Å². The van der Waals surface area contributed by atoms with Crippen molar-refractivity contribution in [1.82, 2.24) is 15.2 Å². The van der Waals surface area contributed by atoms with Gasteiger partial charge in [-0.2, -0.15) is 0 Å². The molecule has 2 fully saturated rings. The number of carbonyl (C=O) groups excluding carboxylic acids is 1. The molecule has 0 saturated carbocycles. The molecule has 3 aromatic rings. The van der Waals surface area contributed by atoms with Crippen molar-refractivity contribution in [3.63, 3.8) is 0 Å². The van der Waals surface area contributed by atoms with E-state index >= 15 is 0 Å². The lowest BCUT2D eigenvalue weighted by molar-refractivity contribution is 0.0254. The maximum atomic E-state index is 13.7. The normalized spacial score (nSPS) is 17.2. The fourth-order valence-corrected chi connectivity index (χ4v) is 5.52. The number of nitrogens with zero attached hydrogens (tertiary/aromatic N) is 2. The van der Waals surface area contributed by atoms with Crippen LogP contribution in [0.2, 0.25) is 0 Å². The van der Waals surface area contributed by atoms with Crippen LogP contribution in [0.3, 0.4) is 0 Å². The number of ether oxygens (including phenoxy) is 2. The second kappa shape index (κ2) is 13.9. The van der Waals surface area contributed by atoms with E-state index < -0.39 is 0 Å². The molecular weight excluding hydrogens is 521 g/mol. The molecule has 2 aliphatic rings. The van der Waals surface area contributed by atoms with Gasteiger partial charge in [0, 0.05) is 38.7 Å². The van der Waals surface area contributed by atoms with Crippen molar-refractivity contribution >= 4 is 11.5 Å². The average molecular weight is 560 g/mol. The number of nitrogens with one attached hydrogen (secondary N) is 1. The second-order valence-corrected chi connectivity index (χ2v) is 10.7. The number of benzene rings is 2. The van der Waals surface area contributed by atoms with Crippen molar-refractivity contribution in [3.05, 3.63) is 101 Å². The van der Waals surface area contributed by atoms with Gasteiger partial charge < -0.3 is 24.8 Å². The first-order chi connectivity index (χ1) is 20.0. The smallest absolute Gasteiger partial charge is 0.253 e. The van der Waals surface area contributed by atoms with E-state index in [9.17, 15) is 14.3 Å². The van der Waals surface area contributed by atoms with Crippen molar-refractivity contribution in [2.75, 3.05) is 39.5 Å². The number of halogens is 1. The third-order valence-corrected chi connectivity index (χ3v) is 7.86. The summed E-state index contributed by atoms with van der Waals surface area (Å²) in [7, 11) is 0. The SMILES string of the molecule is C[C@@H](NC(=O)c1cncc(OC2CCOCC2)c1)c1ccc(C(=C2CCN(CCO)CC2)c2ccc(F)cc2)cc1. The molecule has 8 heteroatoms. The molecule has 41 heavy (non-hydrogen) atoms. The molecule has 0 radical (unpaired) electrons. The van der Waals surface area contributed by atoms with E-state index in [0.717, 1.165) is 61.0 Å². The minimum atomic E-state index is -0.258. The van der Waals surface area contributed by atoms with Gasteiger partial charge in [-0.25, -0.2) is 4.39 Å². The molecule has 0 spiro atoms. The molecule has 2 N–H and O–H groups in total. The van der Waals surface area contributed by atoms with Crippen LogP contribution < -0.4 is 10.1 Å². The largest absolute Gasteiger partial charge is 0.489 e. The molecule has 5 rings (SSSR count). The van der Waals surface area contributed by atoms with Gasteiger partial charge in [0.25, 0.3) is 5.91 Å². The zero-order valence-corrected chi connectivity index (χ0v) is 23.5. The van der Waals surface area contributed by atoms with E-state index in [0.29, 0.717) is 31.1 Å². The molecule has 1 atom stereocenters. The molecule has 0 unspecified atom stereocenters. The first kappa shape index (κ1) is 28.9. The minimum absolute atomic E-state index is 0.0733. The van der Waals surface area contributed by atoms with Crippen molar-refractivity contribution in [3.8, 4) is 5.75 Å². The Morgan fingerprint density at radius 2 is 1.71 bits per heavy atom. The fraction of sp³-hybridized carbons (Fsp3) is 0.394. The number of piperidine rings is 1. The van der Waals surface area contributed by atoms with E-state index in [2.05, 4.69) is 27.3 Å². The molecule has 3 heterocycles. The van der Waals surface area contributed by atoms with Crippen LogP contribution in [0.5, 0.6) is 5.75 Å². The lowest BCUT2D eigenvalue weighted by atomic mass is 9.87. The summed E-state index contributed by atoms with van der Waals surface area (Å²) in [6.45, 7) is 5.93. The monoisotopic (exact) mass is 559 g/mol. The highest BCUT2D eigenvalue weighted by Crippen LogP contribution is 2.33. The predicted octanol–water partition coefficient (Wildman–Crippen LogP) is 5.16. The quantitative estimate of drug-likeness (QED) is 0.377. The highest BCUT2D eigenvalue weighted by molar-refractivity contribution is 5.94. The average Bonchev–Trinajstić information content (AvgIpc) is 3.00. The Labute approximate surface area is 241 Å². The number of β-amino-alcohol motifs (C(OH)–C–C–N with tert-alkyl or cyclic N) is 1. The van der Waals surface area contributed by atoms with Gasteiger partial charge in [0.1, 0.15) is 17.7 Å². The van der Waals surface area contributed by atoms with E-state index in [-0.39, 0.29) is 30.5 Å². The maximum Gasteiger partial charge on any atom is 0.253 e. The number of aliphatic hydroxyl groups excluding tert-OH is 1. The molecule has 2 saturated heterocycles. The first-order valence-corrected chi connectivity index (χ1v) is 14.4. The Kier molecular flexibility index (Phi) is 9.77. The lowest BCUT2D eigenvalue weighted by Crippen LogP contribution is -2.33. The number of carbonyl (C=O) groups is 1. The fourth-order valence-electron chi connectivity index (χ4n) is 5.52. The number of likely N-dealkylation sites (tertiary alicyclic amines) is 1. The minimum Gasteiger partial charge on any atom is -0.489 e. The van der Waals surface area contributed by atoms with Crippen molar-refractivity contribution < 1.29 is 23.8 Å². The van der Waals surface area contributed by atoms with Gasteiger partial charge in [0.05, 0.1) is 37.6 Å². The Morgan fingerprint density at radius 1 is 1.05 bits per heavy atom. The van der Waals surface area contributed by atoms with E-state index in [1.54, 1.807) is 18.5 Å². The molecular formula is C33H38FN3O4. The van der Waals surface area contributed by atoms with Crippen LogP contribution in [-0.2, 0) is 4.74 Å². The first-order valence-electron chi connectivity index (χ1n) is 14.4. The summed E-state index contributed by atoms with van der Waals surface area (Å²) < 4.78 is 25.1. The molecule has 7 nitrogen and oxygen atoms in total. The van der Waals surface area contributed by atoms with Crippen LogP contribution in [0.25, 0.3) is 5.57 Å². The zero-order chi connectivity index (χ0) is 28.6. The van der Waals surface area contributed by atoms with Gasteiger partial charge in [0.15, 0.2) is 0 Å². The van der Waals surface area contributed by atoms with Crippen LogP contribution in [0.1, 0.15) is 65.7 Å². The van der Waals surface area contributed by atoms with Crippen molar-refractivity contribution in [1.29, 1.82) is 0 Å². The highest BCUT2D eigenvalue weighted by atomic mass is 19.1.